The van der Waals surface area contributed by atoms with Gasteiger partial charge in [-0.25, -0.2) is 0 Å². The zero-order chi connectivity index (χ0) is 14.8. The maximum Gasteiger partial charge on any atom is 0.0824 e. The Hall–Kier alpha value is -0.430. The number of ether oxygens (including phenoxy) is 1. The summed E-state index contributed by atoms with van der Waals surface area (Å²) in [5, 5.41) is 4.54. The molecular weight excluding hydrogens is 320 g/mol. The number of aromatic nitrogens is 2. The fourth-order valence-electron chi connectivity index (χ4n) is 2.94. The molecule has 1 aliphatic heterocycles. The molecule has 1 saturated heterocycles. The average Bonchev–Trinajstić information content (AvgIpc) is 2.72. The van der Waals surface area contributed by atoms with Gasteiger partial charge in [0.05, 0.1) is 27.5 Å². The summed E-state index contributed by atoms with van der Waals surface area (Å²) in [5.74, 6) is 5.81. The van der Waals surface area contributed by atoms with Crippen molar-refractivity contribution in [1.82, 2.24) is 15.2 Å². The summed E-state index contributed by atoms with van der Waals surface area (Å²) in [4.78, 5) is 0. The molecule has 0 bridgehead atoms. The smallest absolute Gasteiger partial charge is 0.0824 e. The van der Waals surface area contributed by atoms with Crippen molar-refractivity contribution in [2.45, 2.75) is 64.6 Å². The van der Waals surface area contributed by atoms with E-state index < -0.39 is 0 Å². The molecule has 1 aromatic rings. The predicted octanol–water partition coefficient (Wildman–Crippen LogP) is 2.31. The van der Waals surface area contributed by atoms with Crippen LogP contribution in [0.5, 0.6) is 0 Å². The van der Waals surface area contributed by atoms with E-state index >= 15 is 0 Å². The molecule has 0 aliphatic carbocycles. The van der Waals surface area contributed by atoms with Crippen LogP contribution in [-0.4, -0.2) is 28.0 Å². The Morgan fingerprint density at radius 2 is 2.30 bits per heavy atom. The molecule has 0 spiro atoms. The minimum Gasteiger partial charge on any atom is -0.374 e. The molecule has 2 heterocycles. The van der Waals surface area contributed by atoms with Crippen molar-refractivity contribution in [3.63, 3.8) is 0 Å². The van der Waals surface area contributed by atoms with E-state index in [0.29, 0.717) is 0 Å². The van der Waals surface area contributed by atoms with E-state index in [1.807, 2.05) is 11.6 Å². The molecule has 20 heavy (non-hydrogen) atoms. The lowest BCUT2D eigenvalue weighted by molar-refractivity contribution is -0.0887. The van der Waals surface area contributed by atoms with E-state index in [1.165, 1.54) is 12.1 Å². The summed E-state index contributed by atoms with van der Waals surface area (Å²) >= 11 is 3.65. The molecular formula is C14H25BrN4O. The van der Waals surface area contributed by atoms with E-state index in [0.717, 1.165) is 42.6 Å². The van der Waals surface area contributed by atoms with Crippen molar-refractivity contribution in [3.8, 4) is 0 Å². The van der Waals surface area contributed by atoms with Crippen LogP contribution in [0.1, 0.15) is 44.5 Å². The Balaban J connectivity index is 2.22. The Labute approximate surface area is 129 Å². The van der Waals surface area contributed by atoms with E-state index in [-0.39, 0.29) is 11.6 Å². The molecule has 2 unspecified atom stereocenters. The fraction of sp³-hybridized carbons (Fsp3) is 0.786. The van der Waals surface area contributed by atoms with E-state index in [2.05, 4.69) is 40.3 Å². The van der Waals surface area contributed by atoms with Gasteiger partial charge in [0, 0.05) is 19.6 Å². The van der Waals surface area contributed by atoms with Crippen molar-refractivity contribution >= 4 is 15.9 Å². The second-order valence-electron chi connectivity index (χ2n) is 5.70. The standard InChI is InChI=1S/C14H25BrN4O/c1-4-19-11(13(15)10(2)18-19)9-12(17-16)14(3)7-5-6-8-20-14/h12,17H,4-9,16H2,1-3H3. The fourth-order valence-corrected chi connectivity index (χ4v) is 3.38. The highest BCUT2D eigenvalue weighted by atomic mass is 79.9. The predicted molar refractivity (Wildman–Crippen MR) is 83.4 cm³/mol. The second kappa shape index (κ2) is 6.56. The quantitative estimate of drug-likeness (QED) is 0.635. The summed E-state index contributed by atoms with van der Waals surface area (Å²) in [6.45, 7) is 7.96. The molecule has 2 atom stereocenters. The third kappa shape index (κ3) is 3.08. The van der Waals surface area contributed by atoms with E-state index in [4.69, 9.17) is 10.6 Å². The first-order chi connectivity index (χ1) is 9.51. The van der Waals surface area contributed by atoms with Crippen LogP contribution in [0, 0.1) is 6.92 Å². The molecule has 114 valence electrons. The molecule has 0 aromatic carbocycles. The molecule has 1 aromatic heterocycles. The Morgan fingerprint density at radius 3 is 2.85 bits per heavy atom. The summed E-state index contributed by atoms with van der Waals surface area (Å²) in [6.07, 6.45) is 4.19. The van der Waals surface area contributed by atoms with Gasteiger partial charge in [0.15, 0.2) is 0 Å². The zero-order valence-electron chi connectivity index (χ0n) is 12.6. The van der Waals surface area contributed by atoms with Crippen LogP contribution in [0.3, 0.4) is 0 Å². The van der Waals surface area contributed by atoms with Gasteiger partial charge in [0.25, 0.3) is 0 Å². The number of hydrazine groups is 1. The highest BCUT2D eigenvalue weighted by Gasteiger charge is 2.37. The summed E-state index contributed by atoms with van der Waals surface area (Å²) in [6, 6.07) is 0.0838. The maximum absolute atomic E-state index is 6.02. The largest absolute Gasteiger partial charge is 0.374 e. The van der Waals surface area contributed by atoms with Gasteiger partial charge in [-0.2, -0.15) is 5.10 Å². The minimum atomic E-state index is -0.205. The first kappa shape index (κ1) is 15.9. The lowest BCUT2D eigenvalue weighted by atomic mass is 9.86. The number of nitrogens with two attached hydrogens (primary N) is 1. The molecule has 0 radical (unpaired) electrons. The molecule has 0 saturated carbocycles. The van der Waals surface area contributed by atoms with Crippen LogP contribution >= 0.6 is 15.9 Å². The number of halogens is 1. The highest BCUT2D eigenvalue weighted by molar-refractivity contribution is 9.10. The number of nitrogens with zero attached hydrogens (tertiary/aromatic N) is 2. The Kier molecular flexibility index (Phi) is 5.23. The van der Waals surface area contributed by atoms with E-state index in [1.54, 1.807) is 0 Å². The molecule has 5 nitrogen and oxygen atoms in total. The van der Waals surface area contributed by atoms with Crippen LogP contribution in [0.2, 0.25) is 0 Å². The Bertz CT molecular complexity index is 454. The van der Waals surface area contributed by atoms with Gasteiger partial charge in [-0.15, -0.1) is 0 Å². The Morgan fingerprint density at radius 1 is 1.55 bits per heavy atom. The molecule has 6 heteroatoms. The van der Waals surface area contributed by atoms with Crippen molar-refractivity contribution in [3.05, 3.63) is 15.9 Å². The van der Waals surface area contributed by atoms with E-state index in [9.17, 15) is 0 Å². The van der Waals surface area contributed by atoms with Gasteiger partial charge in [-0.3, -0.25) is 16.0 Å². The van der Waals surface area contributed by atoms with Gasteiger partial charge in [0.1, 0.15) is 0 Å². The second-order valence-corrected chi connectivity index (χ2v) is 6.50. The molecule has 0 amide bonds. The zero-order valence-corrected chi connectivity index (χ0v) is 14.2. The number of rotatable bonds is 5. The van der Waals surface area contributed by atoms with Crippen LogP contribution in [0.25, 0.3) is 0 Å². The first-order valence-electron chi connectivity index (χ1n) is 7.33. The van der Waals surface area contributed by atoms with Gasteiger partial charge in [-0.1, -0.05) is 0 Å². The molecule has 3 N–H and O–H groups in total. The van der Waals surface area contributed by atoms with Crippen molar-refractivity contribution < 1.29 is 4.74 Å². The third-order valence-electron chi connectivity index (χ3n) is 4.29. The van der Waals surface area contributed by atoms with Crippen molar-refractivity contribution in [2.24, 2.45) is 5.84 Å². The van der Waals surface area contributed by atoms with Crippen LogP contribution in [0.4, 0.5) is 0 Å². The van der Waals surface area contributed by atoms with Crippen LogP contribution in [-0.2, 0) is 17.7 Å². The molecule has 1 fully saturated rings. The van der Waals surface area contributed by atoms with Crippen molar-refractivity contribution in [2.75, 3.05) is 6.61 Å². The maximum atomic E-state index is 6.02. The molecule has 1 aliphatic rings. The molecule has 2 rings (SSSR count). The van der Waals surface area contributed by atoms with Crippen LogP contribution in [0.15, 0.2) is 4.47 Å². The lowest BCUT2D eigenvalue weighted by Crippen LogP contribution is -2.55. The number of aryl methyl sites for hydroxylation is 2. The topological polar surface area (TPSA) is 65.1 Å². The number of hydrogen-bond donors (Lipinski definition) is 2. The van der Waals surface area contributed by atoms with Crippen molar-refractivity contribution in [1.29, 1.82) is 0 Å². The van der Waals surface area contributed by atoms with Gasteiger partial charge < -0.3 is 4.74 Å². The van der Waals surface area contributed by atoms with Gasteiger partial charge in [-0.05, 0) is 56.0 Å². The number of hydrogen-bond acceptors (Lipinski definition) is 4. The lowest BCUT2D eigenvalue weighted by Gasteiger charge is -2.40. The summed E-state index contributed by atoms with van der Waals surface area (Å²) < 4.78 is 9.14. The number of nitrogens with one attached hydrogen (secondary N) is 1. The minimum absolute atomic E-state index is 0.0838. The average molecular weight is 345 g/mol. The van der Waals surface area contributed by atoms with Crippen LogP contribution < -0.4 is 11.3 Å². The third-order valence-corrected chi connectivity index (χ3v) is 5.32. The first-order valence-corrected chi connectivity index (χ1v) is 8.13. The van der Waals surface area contributed by atoms with Gasteiger partial charge >= 0.3 is 0 Å². The van der Waals surface area contributed by atoms with Gasteiger partial charge in [0.2, 0.25) is 0 Å². The monoisotopic (exact) mass is 344 g/mol. The summed E-state index contributed by atoms with van der Waals surface area (Å²) in [7, 11) is 0. The normalized spacial score (nSPS) is 24.9. The summed E-state index contributed by atoms with van der Waals surface area (Å²) in [5.41, 5.74) is 4.96. The highest BCUT2D eigenvalue weighted by Crippen LogP contribution is 2.31. The SMILES string of the molecule is CCn1nc(C)c(Br)c1CC(NN)C1(C)CCCCO1.